The maximum Gasteiger partial charge on any atom is 0.317 e. The molecule has 0 saturated heterocycles. The lowest BCUT2D eigenvalue weighted by Crippen LogP contribution is -2.38. The van der Waals surface area contributed by atoms with E-state index in [1.807, 2.05) is 29.6 Å². The average Bonchev–Trinajstić information content (AvgIpc) is 2.96. The van der Waals surface area contributed by atoms with Gasteiger partial charge in [0.1, 0.15) is 18.1 Å². The second kappa shape index (κ2) is 8.43. The third-order valence-electron chi connectivity index (χ3n) is 3.40. The zero-order valence-corrected chi connectivity index (χ0v) is 14.5. The number of rotatable bonds is 7. The van der Waals surface area contributed by atoms with Crippen molar-refractivity contribution in [3.8, 4) is 11.5 Å². The number of hydrogen-bond acceptors (Lipinski definition) is 4. The third-order valence-corrected chi connectivity index (χ3v) is 4.41. The Bertz CT molecular complexity index is 625. The number of amides is 2. The molecule has 0 atom stereocenters. The Morgan fingerprint density at radius 2 is 1.91 bits per heavy atom. The molecular formula is C17H22N2O3S. The van der Waals surface area contributed by atoms with Gasteiger partial charge in [0.2, 0.25) is 0 Å². The summed E-state index contributed by atoms with van der Waals surface area (Å²) in [5, 5.41) is 4.89. The van der Waals surface area contributed by atoms with Crippen molar-refractivity contribution >= 4 is 17.4 Å². The summed E-state index contributed by atoms with van der Waals surface area (Å²) in [6.45, 7) is 3.55. The van der Waals surface area contributed by atoms with Crippen LogP contribution in [0, 0.1) is 6.92 Å². The van der Waals surface area contributed by atoms with Crippen molar-refractivity contribution in [2.45, 2.75) is 13.5 Å². The molecule has 0 saturated carbocycles. The van der Waals surface area contributed by atoms with Crippen LogP contribution in [0.1, 0.15) is 10.4 Å². The summed E-state index contributed by atoms with van der Waals surface area (Å²) < 4.78 is 10.7. The Morgan fingerprint density at radius 1 is 1.22 bits per heavy atom. The molecule has 1 N–H and O–H groups in total. The number of benzene rings is 1. The highest BCUT2D eigenvalue weighted by Crippen LogP contribution is 2.17. The first kappa shape index (κ1) is 17.1. The van der Waals surface area contributed by atoms with Crippen molar-refractivity contribution < 1.29 is 14.3 Å². The van der Waals surface area contributed by atoms with Crippen molar-refractivity contribution in [3.05, 3.63) is 46.2 Å². The molecule has 0 aliphatic heterocycles. The van der Waals surface area contributed by atoms with Crippen LogP contribution in [0.4, 0.5) is 4.79 Å². The van der Waals surface area contributed by atoms with E-state index in [1.165, 1.54) is 10.4 Å². The predicted octanol–water partition coefficient (Wildman–Crippen LogP) is 3.29. The lowest BCUT2D eigenvalue weighted by molar-refractivity contribution is 0.204. The monoisotopic (exact) mass is 334 g/mol. The van der Waals surface area contributed by atoms with E-state index in [4.69, 9.17) is 9.47 Å². The van der Waals surface area contributed by atoms with Gasteiger partial charge in [0.05, 0.1) is 20.2 Å². The highest BCUT2D eigenvalue weighted by molar-refractivity contribution is 7.10. The van der Waals surface area contributed by atoms with Crippen molar-refractivity contribution in [1.29, 1.82) is 0 Å². The first-order chi connectivity index (χ1) is 11.1. The molecule has 23 heavy (non-hydrogen) atoms. The minimum absolute atomic E-state index is 0.101. The highest BCUT2D eigenvalue weighted by Gasteiger charge is 2.10. The molecule has 2 rings (SSSR count). The van der Waals surface area contributed by atoms with Gasteiger partial charge in [-0.05, 0) is 48.2 Å². The van der Waals surface area contributed by atoms with Crippen LogP contribution in [0.25, 0.3) is 0 Å². The molecular weight excluding hydrogens is 312 g/mol. The molecule has 0 bridgehead atoms. The van der Waals surface area contributed by atoms with Crippen LogP contribution in [-0.4, -0.2) is 38.2 Å². The Kier molecular flexibility index (Phi) is 6.29. The molecule has 0 unspecified atom stereocenters. The van der Waals surface area contributed by atoms with E-state index < -0.39 is 0 Å². The van der Waals surface area contributed by atoms with E-state index in [-0.39, 0.29) is 6.03 Å². The molecule has 0 spiro atoms. The van der Waals surface area contributed by atoms with Gasteiger partial charge in [0.15, 0.2) is 0 Å². The number of nitrogens with one attached hydrogen (secondary N) is 1. The normalized spacial score (nSPS) is 10.2. The molecule has 1 heterocycles. The molecule has 0 fully saturated rings. The zero-order chi connectivity index (χ0) is 16.7. The summed E-state index contributed by atoms with van der Waals surface area (Å²) in [5.74, 6) is 1.54. The molecule has 124 valence electrons. The summed E-state index contributed by atoms with van der Waals surface area (Å²) in [6.07, 6.45) is 0. The SMILES string of the molecule is COc1ccc(OCCNC(=O)N(C)Cc2sccc2C)cc1. The number of urea groups is 1. The third kappa shape index (κ3) is 5.17. The Labute approximate surface area is 140 Å². The summed E-state index contributed by atoms with van der Waals surface area (Å²) in [6, 6.07) is 9.32. The van der Waals surface area contributed by atoms with E-state index in [0.717, 1.165) is 11.5 Å². The lowest BCUT2D eigenvalue weighted by atomic mass is 10.3. The number of aryl methyl sites for hydroxylation is 1. The van der Waals surface area contributed by atoms with E-state index in [9.17, 15) is 4.79 Å². The maximum absolute atomic E-state index is 12.0. The van der Waals surface area contributed by atoms with Crippen molar-refractivity contribution in [1.82, 2.24) is 10.2 Å². The van der Waals surface area contributed by atoms with Crippen molar-refractivity contribution in [2.75, 3.05) is 27.3 Å². The molecule has 2 aromatic rings. The maximum atomic E-state index is 12.0. The quantitative estimate of drug-likeness (QED) is 0.791. The number of ether oxygens (including phenoxy) is 2. The van der Waals surface area contributed by atoms with Gasteiger partial charge in [-0.25, -0.2) is 4.79 Å². The minimum atomic E-state index is -0.101. The predicted molar refractivity (Wildman–Crippen MR) is 92.4 cm³/mol. The summed E-state index contributed by atoms with van der Waals surface area (Å²) in [7, 11) is 3.42. The molecule has 2 amide bonds. The number of hydrogen-bond donors (Lipinski definition) is 1. The van der Waals surface area contributed by atoms with Gasteiger partial charge in [0.25, 0.3) is 0 Å². The number of carbonyl (C=O) groups is 1. The summed E-state index contributed by atoms with van der Waals surface area (Å²) in [4.78, 5) is 14.9. The van der Waals surface area contributed by atoms with Gasteiger partial charge in [-0.2, -0.15) is 0 Å². The number of methoxy groups -OCH3 is 1. The summed E-state index contributed by atoms with van der Waals surface area (Å²) in [5.41, 5.74) is 1.22. The van der Waals surface area contributed by atoms with Crippen LogP contribution in [0.15, 0.2) is 35.7 Å². The van der Waals surface area contributed by atoms with Crippen LogP contribution in [-0.2, 0) is 6.54 Å². The van der Waals surface area contributed by atoms with Crippen LogP contribution in [0.5, 0.6) is 11.5 Å². The van der Waals surface area contributed by atoms with E-state index in [1.54, 1.807) is 30.4 Å². The fraction of sp³-hybridized carbons (Fsp3) is 0.353. The fourth-order valence-electron chi connectivity index (χ4n) is 1.99. The fourth-order valence-corrected chi connectivity index (χ4v) is 2.95. The van der Waals surface area contributed by atoms with Gasteiger partial charge in [-0.1, -0.05) is 0 Å². The molecule has 6 heteroatoms. The molecule has 1 aromatic carbocycles. The van der Waals surface area contributed by atoms with Crippen molar-refractivity contribution in [3.63, 3.8) is 0 Å². The largest absolute Gasteiger partial charge is 0.497 e. The van der Waals surface area contributed by atoms with E-state index in [2.05, 4.69) is 18.3 Å². The van der Waals surface area contributed by atoms with Crippen LogP contribution < -0.4 is 14.8 Å². The summed E-state index contributed by atoms with van der Waals surface area (Å²) >= 11 is 1.67. The van der Waals surface area contributed by atoms with Crippen molar-refractivity contribution in [2.24, 2.45) is 0 Å². The standard InChI is InChI=1S/C17H22N2O3S/c1-13-8-11-23-16(13)12-19(2)17(20)18-9-10-22-15-6-4-14(21-3)5-7-15/h4-8,11H,9-10,12H2,1-3H3,(H,18,20). The second-order valence-electron chi connectivity index (χ2n) is 5.14. The van der Waals surface area contributed by atoms with E-state index >= 15 is 0 Å². The van der Waals surface area contributed by atoms with Gasteiger partial charge in [-0.15, -0.1) is 11.3 Å². The zero-order valence-electron chi connectivity index (χ0n) is 13.7. The average molecular weight is 334 g/mol. The minimum Gasteiger partial charge on any atom is -0.497 e. The first-order valence-electron chi connectivity index (χ1n) is 7.39. The number of thiophene rings is 1. The van der Waals surface area contributed by atoms with E-state index in [0.29, 0.717) is 19.7 Å². The highest BCUT2D eigenvalue weighted by atomic mass is 32.1. The van der Waals surface area contributed by atoms with Gasteiger partial charge < -0.3 is 19.7 Å². The molecule has 1 aromatic heterocycles. The first-order valence-corrected chi connectivity index (χ1v) is 8.27. The second-order valence-corrected chi connectivity index (χ2v) is 6.14. The van der Waals surface area contributed by atoms with Gasteiger partial charge in [-0.3, -0.25) is 0 Å². The van der Waals surface area contributed by atoms with Crippen LogP contribution in [0.3, 0.4) is 0 Å². The van der Waals surface area contributed by atoms with Gasteiger partial charge in [0, 0.05) is 11.9 Å². The number of nitrogens with zero attached hydrogens (tertiary/aromatic N) is 1. The molecule has 0 aliphatic carbocycles. The lowest BCUT2D eigenvalue weighted by Gasteiger charge is -2.18. The Balaban J connectivity index is 1.68. The number of carbonyl (C=O) groups excluding carboxylic acids is 1. The Hall–Kier alpha value is -2.21. The van der Waals surface area contributed by atoms with Crippen LogP contribution >= 0.6 is 11.3 Å². The Morgan fingerprint density at radius 3 is 2.52 bits per heavy atom. The molecule has 5 nitrogen and oxygen atoms in total. The smallest absolute Gasteiger partial charge is 0.317 e. The topological polar surface area (TPSA) is 50.8 Å². The van der Waals surface area contributed by atoms with Gasteiger partial charge >= 0.3 is 6.03 Å². The molecule has 0 aliphatic rings. The van der Waals surface area contributed by atoms with Crippen LogP contribution in [0.2, 0.25) is 0 Å². The molecule has 0 radical (unpaired) electrons.